The van der Waals surface area contributed by atoms with E-state index in [1.54, 1.807) is 12.1 Å². The molecule has 2 aromatic carbocycles. The van der Waals surface area contributed by atoms with Crippen LogP contribution in [0.15, 0.2) is 54.6 Å². The molecule has 0 aliphatic rings. The number of carboxylic acids is 1. The first-order valence-electron chi connectivity index (χ1n) is 5.95. The SMILES string of the molecule is NCC(Oc1ccc(-c2ccccc2)cc1)C(=O)O. The Hall–Kier alpha value is -2.33. The predicted molar refractivity (Wildman–Crippen MR) is 73.0 cm³/mol. The summed E-state index contributed by atoms with van der Waals surface area (Å²) in [5, 5.41) is 8.86. The molecule has 1 unspecified atom stereocenters. The Bertz CT molecular complexity index is 537. The van der Waals surface area contributed by atoms with Crippen LogP contribution in [0.5, 0.6) is 5.75 Å². The van der Waals surface area contributed by atoms with E-state index in [1.165, 1.54) is 0 Å². The number of rotatable bonds is 5. The van der Waals surface area contributed by atoms with Gasteiger partial charge in [-0.05, 0) is 23.3 Å². The summed E-state index contributed by atoms with van der Waals surface area (Å²) in [6.45, 7) is -0.0598. The molecule has 4 heteroatoms. The lowest BCUT2D eigenvalue weighted by Crippen LogP contribution is -2.34. The molecule has 19 heavy (non-hydrogen) atoms. The van der Waals surface area contributed by atoms with Gasteiger partial charge < -0.3 is 15.6 Å². The Morgan fingerprint density at radius 1 is 1.05 bits per heavy atom. The van der Waals surface area contributed by atoms with E-state index in [9.17, 15) is 4.79 Å². The van der Waals surface area contributed by atoms with Gasteiger partial charge in [-0.1, -0.05) is 42.5 Å². The Morgan fingerprint density at radius 3 is 2.16 bits per heavy atom. The van der Waals surface area contributed by atoms with Gasteiger partial charge >= 0.3 is 5.97 Å². The van der Waals surface area contributed by atoms with Crippen LogP contribution in [0, 0.1) is 0 Å². The standard InChI is InChI=1S/C15H15NO3/c16-10-14(15(17)18)19-13-8-6-12(7-9-13)11-4-2-1-3-5-11/h1-9,14H,10,16H2,(H,17,18). The first-order chi connectivity index (χ1) is 9.20. The summed E-state index contributed by atoms with van der Waals surface area (Å²) in [6, 6.07) is 17.2. The predicted octanol–water partition coefficient (Wildman–Crippen LogP) is 2.14. The molecule has 98 valence electrons. The molecular weight excluding hydrogens is 242 g/mol. The van der Waals surface area contributed by atoms with Crippen molar-refractivity contribution in [3.8, 4) is 16.9 Å². The third-order valence-electron chi connectivity index (χ3n) is 2.73. The van der Waals surface area contributed by atoms with E-state index in [0.717, 1.165) is 11.1 Å². The molecule has 1 atom stereocenters. The molecule has 0 saturated heterocycles. The van der Waals surface area contributed by atoms with Crippen molar-refractivity contribution in [3.63, 3.8) is 0 Å². The fraction of sp³-hybridized carbons (Fsp3) is 0.133. The van der Waals surface area contributed by atoms with Crippen LogP contribution in [-0.4, -0.2) is 23.7 Å². The van der Waals surface area contributed by atoms with E-state index in [4.69, 9.17) is 15.6 Å². The van der Waals surface area contributed by atoms with Crippen molar-refractivity contribution in [2.24, 2.45) is 5.73 Å². The van der Waals surface area contributed by atoms with Crippen molar-refractivity contribution in [1.82, 2.24) is 0 Å². The van der Waals surface area contributed by atoms with E-state index >= 15 is 0 Å². The Morgan fingerprint density at radius 2 is 1.63 bits per heavy atom. The van der Waals surface area contributed by atoms with Crippen LogP contribution in [0.25, 0.3) is 11.1 Å². The summed E-state index contributed by atoms with van der Waals surface area (Å²) in [6.07, 6.45) is -1.01. The summed E-state index contributed by atoms with van der Waals surface area (Å²) in [5.74, 6) is -0.563. The molecule has 2 aromatic rings. The zero-order chi connectivity index (χ0) is 13.7. The van der Waals surface area contributed by atoms with E-state index in [1.807, 2.05) is 42.5 Å². The van der Waals surface area contributed by atoms with Crippen LogP contribution in [0.3, 0.4) is 0 Å². The fourth-order valence-electron chi connectivity index (χ4n) is 1.72. The molecule has 0 saturated carbocycles. The second-order valence-corrected chi connectivity index (χ2v) is 4.07. The van der Waals surface area contributed by atoms with Crippen molar-refractivity contribution >= 4 is 5.97 Å². The maximum Gasteiger partial charge on any atom is 0.346 e. The van der Waals surface area contributed by atoms with Crippen molar-refractivity contribution < 1.29 is 14.6 Å². The van der Waals surface area contributed by atoms with Crippen molar-refractivity contribution in [2.75, 3.05) is 6.54 Å². The number of carboxylic acid groups (broad SMARTS) is 1. The number of carbonyl (C=O) groups is 1. The largest absolute Gasteiger partial charge is 0.478 e. The highest BCUT2D eigenvalue weighted by Crippen LogP contribution is 2.22. The molecule has 0 aromatic heterocycles. The maximum absolute atomic E-state index is 10.8. The third-order valence-corrected chi connectivity index (χ3v) is 2.73. The fourth-order valence-corrected chi connectivity index (χ4v) is 1.72. The number of nitrogens with two attached hydrogens (primary N) is 1. The van der Waals surface area contributed by atoms with Gasteiger partial charge in [0.2, 0.25) is 6.10 Å². The average Bonchev–Trinajstić information content (AvgIpc) is 2.46. The van der Waals surface area contributed by atoms with E-state index in [-0.39, 0.29) is 6.54 Å². The highest BCUT2D eigenvalue weighted by atomic mass is 16.5. The van der Waals surface area contributed by atoms with Gasteiger partial charge in [0.25, 0.3) is 0 Å². The molecule has 2 rings (SSSR count). The first-order valence-corrected chi connectivity index (χ1v) is 5.95. The number of hydrogen-bond donors (Lipinski definition) is 2. The molecular formula is C15H15NO3. The highest BCUT2D eigenvalue weighted by Gasteiger charge is 2.16. The molecule has 0 amide bonds. The van der Waals surface area contributed by atoms with Crippen LogP contribution in [0.1, 0.15) is 0 Å². The number of hydrogen-bond acceptors (Lipinski definition) is 3. The number of ether oxygens (including phenoxy) is 1. The third kappa shape index (κ3) is 3.33. The second-order valence-electron chi connectivity index (χ2n) is 4.07. The van der Waals surface area contributed by atoms with Gasteiger partial charge in [0.1, 0.15) is 5.75 Å². The zero-order valence-electron chi connectivity index (χ0n) is 10.3. The van der Waals surface area contributed by atoms with Crippen molar-refractivity contribution in [2.45, 2.75) is 6.10 Å². The number of aliphatic carboxylic acids is 1. The molecule has 0 fully saturated rings. The molecule has 0 aliphatic carbocycles. The van der Waals surface area contributed by atoms with Gasteiger partial charge in [-0.15, -0.1) is 0 Å². The zero-order valence-corrected chi connectivity index (χ0v) is 10.3. The Kier molecular flexibility index (Phi) is 4.15. The topological polar surface area (TPSA) is 72.5 Å². The first kappa shape index (κ1) is 13.1. The summed E-state index contributed by atoms with van der Waals surface area (Å²) in [5.41, 5.74) is 7.49. The van der Waals surface area contributed by atoms with Gasteiger partial charge in [-0.25, -0.2) is 4.79 Å². The van der Waals surface area contributed by atoms with Crippen LogP contribution in [0.4, 0.5) is 0 Å². The molecule has 0 aliphatic heterocycles. The quantitative estimate of drug-likeness (QED) is 0.860. The van der Waals surface area contributed by atoms with Gasteiger partial charge in [0, 0.05) is 6.54 Å². The number of benzene rings is 2. The van der Waals surface area contributed by atoms with E-state index in [0.29, 0.717) is 5.75 Å². The van der Waals surface area contributed by atoms with Crippen LogP contribution in [0.2, 0.25) is 0 Å². The summed E-state index contributed by atoms with van der Waals surface area (Å²) < 4.78 is 5.29. The summed E-state index contributed by atoms with van der Waals surface area (Å²) in [7, 11) is 0. The molecule has 0 heterocycles. The minimum Gasteiger partial charge on any atom is -0.478 e. The maximum atomic E-state index is 10.8. The van der Waals surface area contributed by atoms with Crippen LogP contribution in [-0.2, 0) is 4.79 Å². The minimum atomic E-state index is -1.06. The average molecular weight is 257 g/mol. The van der Waals surface area contributed by atoms with Crippen molar-refractivity contribution in [3.05, 3.63) is 54.6 Å². The van der Waals surface area contributed by atoms with Gasteiger partial charge in [-0.3, -0.25) is 0 Å². The van der Waals surface area contributed by atoms with Gasteiger partial charge in [-0.2, -0.15) is 0 Å². The minimum absolute atomic E-state index is 0.0598. The van der Waals surface area contributed by atoms with Gasteiger partial charge in [0.15, 0.2) is 0 Å². The molecule has 3 N–H and O–H groups in total. The van der Waals surface area contributed by atoms with Gasteiger partial charge in [0.05, 0.1) is 0 Å². The molecule has 0 spiro atoms. The second kappa shape index (κ2) is 6.02. The van der Waals surface area contributed by atoms with Crippen LogP contribution < -0.4 is 10.5 Å². The molecule has 0 radical (unpaired) electrons. The van der Waals surface area contributed by atoms with E-state index < -0.39 is 12.1 Å². The molecule has 4 nitrogen and oxygen atoms in total. The van der Waals surface area contributed by atoms with E-state index in [2.05, 4.69) is 0 Å². The lowest BCUT2D eigenvalue weighted by molar-refractivity contribution is -0.144. The van der Waals surface area contributed by atoms with Crippen LogP contribution >= 0.6 is 0 Å². The molecule has 0 bridgehead atoms. The Labute approximate surface area is 111 Å². The van der Waals surface area contributed by atoms with Crippen molar-refractivity contribution in [1.29, 1.82) is 0 Å². The summed E-state index contributed by atoms with van der Waals surface area (Å²) >= 11 is 0. The highest BCUT2D eigenvalue weighted by molar-refractivity contribution is 5.73. The smallest absolute Gasteiger partial charge is 0.346 e. The normalized spacial score (nSPS) is 11.8. The lowest BCUT2D eigenvalue weighted by atomic mass is 10.1. The monoisotopic (exact) mass is 257 g/mol. The summed E-state index contributed by atoms with van der Waals surface area (Å²) in [4.78, 5) is 10.8. The lowest BCUT2D eigenvalue weighted by Gasteiger charge is -2.13. The Balaban J connectivity index is 2.13.